The van der Waals surface area contributed by atoms with E-state index in [2.05, 4.69) is 16.0 Å². The topological polar surface area (TPSA) is 270 Å². The molecule has 0 unspecified atom stereocenters. The normalized spacial score (nSPS) is 27.3. The lowest BCUT2D eigenvalue weighted by Gasteiger charge is -2.43. The molecule has 7 fully saturated rings. The summed E-state index contributed by atoms with van der Waals surface area (Å²) in [6, 6.07) is -5.39. The minimum atomic E-state index is -4.76. The van der Waals surface area contributed by atoms with Crippen LogP contribution in [0.5, 0.6) is 0 Å². The van der Waals surface area contributed by atoms with Gasteiger partial charge in [0.1, 0.15) is 47.8 Å². The first kappa shape index (κ1) is 81.6. The highest BCUT2D eigenvalue weighted by Gasteiger charge is 2.52. The van der Waals surface area contributed by atoms with Gasteiger partial charge < -0.3 is 60.0 Å². The van der Waals surface area contributed by atoms with Crippen molar-refractivity contribution >= 4 is 82.5 Å². The quantitative estimate of drug-likeness (QED) is 0.215. The third kappa shape index (κ3) is 20.7. The van der Waals surface area contributed by atoms with Gasteiger partial charge in [0.2, 0.25) is 70.9 Å². The van der Waals surface area contributed by atoms with Crippen LogP contribution in [0.3, 0.4) is 0 Å². The first-order valence-corrected chi connectivity index (χ1v) is 38.4. The van der Waals surface area contributed by atoms with Crippen LogP contribution in [0, 0.1) is 23.7 Å². The Kier molecular flexibility index (Phi) is 29.1. The van der Waals surface area contributed by atoms with Crippen LogP contribution >= 0.6 is 11.6 Å². The third-order valence-corrected chi connectivity index (χ3v) is 23.6. The molecule has 574 valence electrons. The van der Waals surface area contributed by atoms with E-state index in [1.54, 1.807) is 4.90 Å². The van der Waals surface area contributed by atoms with Gasteiger partial charge in [0.25, 0.3) is 0 Å². The van der Waals surface area contributed by atoms with E-state index in [0.29, 0.717) is 76.4 Å². The minimum Gasteiger partial charge on any atom is -0.343 e. The Balaban J connectivity index is 1.18. The summed E-state index contributed by atoms with van der Waals surface area (Å²) in [4.78, 5) is 192. The number of rotatable bonds is 10. The largest absolute Gasteiger partial charge is 0.417 e. The van der Waals surface area contributed by atoms with Crippen LogP contribution in [0.25, 0.3) is 0 Å². The lowest BCUT2D eigenvalue weighted by molar-refractivity contribution is -0.157. The van der Waals surface area contributed by atoms with Gasteiger partial charge in [-0.05, 0) is 138 Å². The van der Waals surface area contributed by atoms with Crippen molar-refractivity contribution in [3.63, 3.8) is 0 Å². The van der Waals surface area contributed by atoms with Crippen molar-refractivity contribution in [2.75, 3.05) is 88.6 Å². The molecule has 8 rings (SSSR count). The number of carbonyl (C=O) groups excluding carboxylic acids is 12. The van der Waals surface area contributed by atoms with Crippen molar-refractivity contribution in [3.8, 4) is 0 Å². The molecule has 4 aliphatic carbocycles. The number of nitrogens with zero attached hydrogens (tertiary/aromatic N) is 9. The molecular weight excluding hydrogens is 1350 g/mol. The van der Waals surface area contributed by atoms with Crippen LogP contribution in [-0.2, 0) is 70.1 Å². The van der Waals surface area contributed by atoms with E-state index < -0.39 is 167 Å². The Hall–Kier alpha value is -7.06. The summed E-state index contributed by atoms with van der Waals surface area (Å²) in [5.41, 5.74) is -2.33. The second kappa shape index (κ2) is 36.8. The zero-order valence-electron chi connectivity index (χ0n) is 62.3. The van der Waals surface area contributed by atoms with Crippen molar-refractivity contribution in [1.29, 1.82) is 0 Å². The van der Waals surface area contributed by atoms with Gasteiger partial charge in [-0.3, -0.25) is 57.5 Å². The predicted octanol–water partition coefficient (Wildman–Crippen LogP) is 6.96. The fourth-order valence-corrected chi connectivity index (χ4v) is 17.3. The van der Waals surface area contributed by atoms with Crippen molar-refractivity contribution in [2.45, 2.75) is 254 Å². The third-order valence-electron chi connectivity index (χ3n) is 23.3. The Labute approximate surface area is 611 Å². The van der Waals surface area contributed by atoms with E-state index in [1.807, 2.05) is 13.8 Å². The molecule has 0 bridgehead atoms. The van der Waals surface area contributed by atoms with Gasteiger partial charge in [-0.2, -0.15) is 13.2 Å². The molecular formula is C75H114ClF3N12O12. The van der Waals surface area contributed by atoms with Gasteiger partial charge in [0.05, 0.1) is 36.6 Å². The first-order chi connectivity index (χ1) is 48.8. The average molecular weight is 1470 g/mol. The Morgan fingerprint density at radius 1 is 0.573 bits per heavy atom. The van der Waals surface area contributed by atoms with Crippen LogP contribution in [0.4, 0.5) is 13.2 Å². The molecule has 7 aliphatic rings. The summed E-state index contributed by atoms with van der Waals surface area (Å²) in [6.07, 6.45) is 10.5. The molecule has 3 saturated heterocycles. The highest BCUT2D eigenvalue weighted by molar-refractivity contribution is 6.31. The maximum absolute atomic E-state index is 15.9. The summed E-state index contributed by atoms with van der Waals surface area (Å²) in [5, 5.41) is 8.34. The summed E-state index contributed by atoms with van der Waals surface area (Å²) in [6.45, 7) is 2.96. The van der Waals surface area contributed by atoms with Crippen molar-refractivity contribution in [1.82, 2.24) is 60.0 Å². The number of nitrogens with one attached hydrogen (secondary N) is 3. The lowest BCUT2D eigenvalue weighted by atomic mass is 9.81. The Morgan fingerprint density at radius 2 is 1.15 bits per heavy atom. The lowest BCUT2D eigenvalue weighted by Crippen LogP contribution is -2.65. The highest BCUT2D eigenvalue weighted by Crippen LogP contribution is 2.39. The van der Waals surface area contributed by atoms with Crippen molar-refractivity contribution < 1.29 is 70.7 Å². The molecule has 0 radical (unpaired) electrons. The summed E-state index contributed by atoms with van der Waals surface area (Å²) < 4.78 is 41.7. The molecule has 1 spiro atoms. The van der Waals surface area contributed by atoms with Crippen LogP contribution in [0.1, 0.15) is 205 Å². The number of piperidine rings is 1. The summed E-state index contributed by atoms with van der Waals surface area (Å²) in [5.74, 6) is -8.31. The second-order valence-electron chi connectivity index (χ2n) is 31.2. The van der Waals surface area contributed by atoms with Crippen LogP contribution < -0.4 is 16.0 Å². The van der Waals surface area contributed by atoms with Gasteiger partial charge in [0, 0.05) is 69.0 Å². The maximum Gasteiger partial charge on any atom is 0.417 e. The Morgan fingerprint density at radius 3 is 1.75 bits per heavy atom. The molecule has 4 saturated carbocycles. The number of amides is 12. The van der Waals surface area contributed by atoms with Crippen molar-refractivity contribution in [3.05, 3.63) is 34.3 Å². The smallest absolute Gasteiger partial charge is 0.343 e. The SMILES string of the molecule is CC(C)C[C@H]1C(=O)N[C@@H](C2CCCCC2)C(=O)N(C)CC(=O)N(C)CC(=O)N(C)[C@@H](CC2CCCCC2)C(=O)N(C)CC(=O)N[C@@H](CCc2ccc(C(F)(F)F)c(Cl)c2)C(=O)N2CCC[C@H]2C(=O)NC2(CCCC2)C(=O)N(C)[C@@H](C2CCCCC2)C(=O)N(C)[C@H](C(=O)N2CCCCC2)CC(=O)N1C. The van der Waals surface area contributed by atoms with Crippen LogP contribution in [0.2, 0.25) is 5.02 Å². The molecule has 28 heteroatoms. The van der Waals surface area contributed by atoms with Gasteiger partial charge in [-0.15, -0.1) is 0 Å². The molecule has 1 aromatic rings. The van der Waals surface area contributed by atoms with E-state index in [4.69, 9.17) is 11.6 Å². The molecule has 0 aromatic heterocycles. The fraction of sp³-hybridized carbons (Fsp3) is 0.760. The number of hydrogen-bond acceptors (Lipinski definition) is 12. The maximum atomic E-state index is 15.9. The number of alkyl halides is 3. The van der Waals surface area contributed by atoms with Crippen LogP contribution in [0.15, 0.2) is 18.2 Å². The number of likely N-dealkylation sites (N-methyl/N-ethyl adjacent to an activating group) is 7. The molecule has 3 heterocycles. The van der Waals surface area contributed by atoms with E-state index in [1.165, 1.54) is 84.8 Å². The molecule has 24 nitrogen and oxygen atoms in total. The van der Waals surface area contributed by atoms with Crippen molar-refractivity contribution in [2.24, 2.45) is 23.7 Å². The molecule has 12 amide bonds. The van der Waals surface area contributed by atoms with E-state index >= 15 is 33.6 Å². The van der Waals surface area contributed by atoms with E-state index in [0.717, 1.165) is 99.0 Å². The number of hydrogen-bond donors (Lipinski definition) is 3. The first-order valence-electron chi connectivity index (χ1n) is 38.0. The molecule has 103 heavy (non-hydrogen) atoms. The number of fused-ring (bicyclic) bond motifs is 1. The molecule has 3 aliphatic heterocycles. The van der Waals surface area contributed by atoms with E-state index in [-0.39, 0.29) is 69.2 Å². The predicted molar refractivity (Wildman–Crippen MR) is 381 cm³/mol. The van der Waals surface area contributed by atoms with Gasteiger partial charge >= 0.3 is 6.18 Å². The van der Waals surface area contributed by atoms with E-state index in [9.17, 15) is 37.1 Å². The fourth-order valence-electron chi connectivity index (χ4n) is 17.0. The van der Waals surface area contributed by atoms with Gasteiger partial charge in [-0.25, -0.2) is 0 Å². The molecule has 3 N–H and O–H groups in total. The zero-order valence-corrected chi connectivity index (χ0v) is 63.0. The summed E-state index contributed by atoms with van der Waals surface area (Å²) >= 11 is 6.17. The summed E-state index contributed by atoms with van der Waals surface area (Å²) in [7, 11) is 10.2. The van der Waals surface area contributed by atoms with Crippen LogP contribution in [-0.4, -0.2) is 251 Å². The monoisotopic (exact) mass is 1470 g/mol. The minimum absolute atomic E-state index is 0.0232. The number of benzene rings is 1. The standard InChI is InChI=1S/C75H114ClF3N12O12/c1-48(2)41-57-66(96)81-64(51-27-16-11-17-28-51)71(101)85(5)46-62(94)83(3)47-63(95)87(7)58(43-49-25-14-10-15-26-49)69(99)84(4)45-60(92)80-55(35-33-50-32-34-53(54(76)42-50)75(77,78)79)68(98)91-40-24-31-56(91)67(97)82-74(36-20-21-37-74)73(103)89(9)65(52-29-18-12-19-30-52)72(102)88(8)59(44-61(93)86(57)6)70(100)90-38-22-13-23-39-90/h32,34,42,48-49,51-52,55-59,64-65H,10-31,33,35-41,43-47H2,1-9H3,(H,80,92)(H,81,96)(H,82,97)/t55-,56-,57-,58-,59-,64-,65-/m0/s1. The average Bonchev–Trinajstić information content (AvgIpc) is 1.75. The highest BCUT2D eigenvalue weighted by atomic mass is 35.5. The van der Waals surface area contributed by atoms with Gasteiger partial charge in [0.15, 0.2) is 0 Å². The number of aryl methyl sites for hydroxylation is 1. The Bertz CT molecular complexity index is 3200. The molecule has 1 aromatic carbocycles. The van der Waals surface area contributed by atoms with Gasteiger partial charge in [-0.1, -0.05) is 115 Å². The zero-order chi connectivity index (χ0) is 75.2. The second-order valence-corrected chi connectivity index (χ2v) is 31.6. The number of likely N-dealkylation sites (tertiary alicyclic amines) is 1. The number of carbonyl (C=O) groups is 12. The number of halogens is 4. The molecule has 7 atom stereocenters.